The molecule has 0 bridgehead atoms. The molecule has 3 rings (SSSR count). The summed E-state index contributed by atoms with van der Waals surface area (Å²) in [5, 5.41) is 3.12. The fourth-order valence-corrected chi connectivity index (χ4v) is 2.49. The molecule has 5 nitrogen and oxygen atoms in total. The Bertz CT molecular complexity index is 748. The van der Waals surface area contributed by atoms with E-state index in [0.29, 0.717) is 5.39 Å². The highest BCUT2D eigenvalue weighted by atomic mass is 19.3. The number of aromatic nitrogens is 1. The van der Waals surface area contributed by atoms with E-state index in [1.54, 1.807) is 0 Å². The normalized spacial score (nSPS) is 20.4. The maximum Gasteiger partial charge on any atom is 0.387 e. The number of nitrogens with one attached hydrogen (secondary N) is 1. The van der Waals surface area contributed by atoms with Crippen molar-refractivity contribution in [3.8, 4) is 5.75 Å². The average molecular weight is 325 g/mol. The Balaban J connectivity index is 1.82. The van der Waals surface area contributed by atoms with Crippen LogP contribution >= 0.6 is 0 Å². The molecule has 0 saturated heterocycles. The van der Waals surface area contributed by atoms with Gasteiger partial charge in [0.25, 0.3) is 5.91 Å². The van der Waals surface area contributed by atoms with E-state index >= 15 is 0 Å². The van der Waals surface area contributed by atoms with E-state index in [1.165, 1.54) is 12.3 Å². The fourth-order valence-electron chi connectivity index (χ4n) is 2.49. The molecule has 0 aliphatic heterocycles. The highest BCUT2D eigenvalue weighted by molar-refractivity contribution is 5.97. The van der Waals surface area contributed by atoms with Crippen molar-refractivity contribution in [2.75, 3.05) is 0 Å². The molecule has 0 atom stereocenters. The van der Waals surface area contributed by atoms with Crippen molar-refractivity contribution in [1.82, 2.24) is 10.3 Å². The van der Waals surface area contributed by atoms with Gasteiger partial charge in [0.1, 0.15) is 0 Å². The van der Waals surface area contributed by atoms with Crippen molar-refractivity contribution < 1.29 is 22.7 Å². The number of benzene rings is 1. The van der Waals surface area contributed by atoms with Crippen molar-refractivity contribution in [2.24, 2.45) is 5.73 Å². The van der Waals surface area contributed by atoms with Crippen LogP contribution in [0, 0.1) is 5.82 Å². The Labute approximate surface area is 129 Å². The molecular weight excluding hydrogens is 311 g/mol. The van der Waals surface area contributed by atoms with Crippen LogP contribution in [-0.2, 0) is 0 Å². The number of hydrogen-bond donors (Lipinski definition) is 2. The first-order valence-corrected chi connectivity index (χ1v) is 7.03. The van der Waals surface area contributed by atoms with Gasteiger partial charge in [-0.05, 0) is 25.0 Å². The van der Waals surface area contributed by atoms with Crippen LogP contribution < -0.4 is 15.8 Å². The molecule has 1 amide bonds. The van der Waals surface area contributed by atoms with Gasteiger partial charge in [-0.3, -0.25) is 9.78 Å². The fraction of sp³-hybridized carbons (Fsp3) is 0.333. The van der Waals surface area contributed by atoms with Crippen molar-refractivity contribution in [2.45, 2.75) is 31.5 Å². The summed E-state index contributed by atoms with van der Waals surface area (Å²) in [4.78, 5) is 16.1. The molecule has 1 aromatic carbocycles. The lowest BCUT2D eigenvalue weighted by Crippen LogP contribution is -2.50. The highest BCUT2D eigenvalue weighted by Gasteiger charge is 2.27. The summed E-state index contributed by atoms with van der Waals surface area (Å²) in [7, 11) is 0. The maximum absolute atomic E-state index is 13.7. The molecule has 0 unspecified atom stereocenters. The molecule has 1 fully saturated rings. The minimum Gasteiger partial charge on any atom is -0.432 e. The van der Waals surface area contributed by atoms with Crippen molar-refractivity contribution in [3.05, 3.63) is 35.8 Å². The van der Waals surface area contributed by atoms with E-state index in [4.69, 9.17) is 5.73 Å². The molecule has 2 aromatic rings. The second kappa shape index (κ2) is 6.04. The summed E-state index contributed by atoms with van der Waals surface area (Å²) in [5.74, 6) is -1.85. The molecule has 1 saturated carbocycles. The summed E-state index contributed by atoms with van der Waals surface area (Å²) < 4.78 is 42.2. The summed E-state index contributed by atoms with van der Waals surface area (Å²) in [6.07, 6.45) is 2.74. The van der Waals surface area contributed by atoms with E-state index in [1.807, 2.05) is 0 Å². The predicted molar refractivity (Wildman–Crippen MR) is 76.8 cm³/mol. The van der Waals surface area contributed by atoms with Gasteiger partial charge in [0.2, 0.25) is 0 Å². The van der Waals surface area contributed by atoms with Gasteiger partial charge in [0.05, 0.1) is 11.1 Å². The number of carbonyl (C=O) groups is 1. The van der Waals surface area contributed by atoms with Crippen LogP contribution in [0.4, 0.5) is 13.2 Å². The smallest absolute Gasteiger partial charge is 0.387 e. The van der Waals surface area contributed by atoms with E-state index in [-0.39, 0.29) is 29.1 Å². The van der Waals surface area contributed by atoms with Crippen LogP contribution in [0.5, 0.6) is 5.75 Å². The third-order valence-electron chi connectivity index (χ3n) is 3.72. The van der Waals surface area contributed by atoms with Gasteiger partial charge in [-0.25, -0.2) is 4.39 Å². The van der Waals surface area contributed by atoms with Crippen LogP contribution in [-0.4, -0.2) is 29.6 Å². The van der Waals surface area contributed by atoms with Gasteiger partial charge in [0.15, 0.2) is 11.6 Å². The first kappa shape index (κ1) is 15.5. The number of pyridine rings is 1. The number of hydrogen-bond acceptors (Lipinski definition) is 4. The van der Waals surface area contributed by atoms with Gasteiger partial charge >= 0.3 is 6.61 Å². The van der Waals surface area contributed by atoms with Gasteiger partial charge in [0, 0.05) is 29.7 Å². The number of fused-ring (bicyclic) bond motifs is 1. The molecule has 23 heavy (non-hydrogen) atoms. The lowest BCUT2D eigenvalue weighted by Gasteiger charge is -2.32. The van der Waals surface area contributed by atoms with Gasteiger partial charge in [-0.1, -0.05) is 0 Å². The summed E-state index contributed by atoms with van der Waals surface area (Å²) >= 11 is 0. The van der Waals surface area contributed by atoms with Crippen LogP contribution in [0.25, 0.3) is 10.9 Å². The Kier molecular flexibility index (Phi) is 4.08. The summed E-state index contributed by atoms with van der Waals surface area (Å²) in [6.45, 7) is -3.12. The van der Waals surface area contributed by atoms with Crippen molar-refractivity contribution in [3.63, 3.8) is 0 Å². The minimum absolute atomic E-state index is 0.0340. The number of rotatable bonds is 4. The van der Waals surface area contributed by atoms with E-state index < -0.39 is 18.2 Å². The van der Waals surface area contributed by atoms with Crippen LogP contribution in [0.3, 0.4) is 0 Å². The van der Waals surface area contributed by atoms with Crippen LogP contribution in [0.15, 0.2) is 24.4 Å². The standard InChI is InChI=1S/C15H14F3N3O2/c16-11-2-7-1-8(14(22)21-10-3-9(19)4-10)6-20-12(7)5-13(11)23-15(17)18/h1-2,5-6,9-10,15H,3-4,19H2,(H,21,22). The third kappa shape index (κ3) is 3.37. The molecule has 0 spiro atoms. The van der Waals surface area contributed by atoms with Gasteiger partial charge in [-0.2, -0.15) is 8.78 Å². The minimum atomic E-state index is -3.12. The first-order valence-electron chi connectivity index (χ1n) is 7.03. The third-order valence-corrected chi connectivity index (χ3v) is 3.72. The number of carbonyl (C=O) groups excluding carboxylic acids is 1. The maximum atomic E-state index is 13.7. The van der Waals surface area contributed by atoms with E-state index in [2.05, 4.69) is 15.0 Å². The molecule has 1 aliphatic carbocycles. The van der Waals surface area contributed by atoms with Gasteiger partial charge < -0.3 is 15.8 Å². The average Bonchev–Trinajstić information content (AvgIpc) is 2.45. The summed E-state index contributed by atoms with van der Waals surface area (Å²) in [6, 6.07) is 3.68. The monoisotopic (exact) mass is 325 g/mol. The van der Waals surface area contributed by atoms with Crippen molar-refractivity contribution in [1.29, 1.82) is 0 Å². The molecule has 1 heterocycles. The van der Waals surface area contributed by atoms with Crippen LogP contribution in [0.1, 0.15) is 23.2 Å². The molecule has 1 aliphatic rings. The quantitative estimate of drug-likeness (QED) is 0.903. The molecule has 122 valence electrons. The van der Waals surface area contributed by atoms with Gasteiger partial charge in [-0.15, -0.1) is 0 Å². The zero-order valence-electron chi connectivity index (χ0n) is 11.9. The number of halogens is 3. The molecule has 0 radical (unpaired) electrons. The number of amides is 1. The zero-order valence-corrected chi connectivity index (χ0v) is 11.9. The summed E-state index contributed by atoms with van der Waals surface area (Å²) in [5.41, 5.74) is 6.17. The second-order valence-corrected chi connectivity index (χ2v) is 5.48. The lowest BCUT2D eigenvalue weighted by atomic mass is 9.87. The number of ether oxygens (including phenoxy) is 1. The Morgan fingerprint density at radius 1 is 1.35 bits per heavy atom. The number of alkyl halides is 2. The van der Waals surface area contributed by atoms with Crippen molar-refractivity contribution >= 4 is 16.8 Å². The topological polar surface area (TPSA) is 77.2 Å². The Morgan fingerprint density at radius 3 is 2.74 bits per heavy atom. The largest absolute Gasteiger partial charge is 0.432 e. The van der Waals surface area contributed by atoms with E-state index in [0.717, 1.165) is 25.0 Å². The second-order valence-electron chi connectivity index (χ2n) is 5.48. The van der Waals surface area contributed by atoms with Crippen LogP contribution in [0.2, 0.25) is 0 Å². The van der Waals surface area contributed by atoms with E-state index in [9.17, 15) is 18.0 Å². The number of nitrogens with zero attached hydrogens (tertiary/aromatic N) is 1. The highest BCUT2D eigenvalue weighted by Crippen LogP contribution is 2.26. The lowest BCUT2D eigenvalue weighted by molar-refractivity contribution is -0.0520. The molecule has 3 N–H and O–H groups in total. The number of nitrogens with two attached hydrogens (primary N) is 1. The zero-order chi connectivity index (χ0) is 16.6. The Hall–Kier alpha value is -2.35. The molecular formula is C15H14F3N3O2. The Morgan fingerprint density at radius 2 is 2.09 bits per heavy atom. The first-order chi connectivity index (χ1) is 10.9. The SMILES string of the molecule is NC1CC(NC(=O)c2cnc3cc(OC(F)F)c(F)cc3c2)C1. The predicted octanol–water partition coefficient (Wildman–Crippen LogP) is 2.19. The molecule has 8 heteroatoms. The molecule has 1 aromatic heterocycles.